The van der Waals surface area contributed by atoms with Gasteiger partial charge >= 0.3 is 0 Å². The summed E-state index contributed by atoms with van der Waals surface area (Å²) in [6.45, 7) is 0. The molecule has 110 valence electrons. The van der Waals surface area contributed by atoms with Crippen molar-refractivity contribution in [3.05, 3.63) is 17.3 Å². The van der Waals surface area contributed by atoms with Gasteiger partial charge in [0, 0.05) is 5.41 Å². The van der Waals surface area contributed by atoms with Gasteiger partial charge in [0.2, 0.25) is 0 Å². The molecule has 0 saturated heterocycles. The molecule has 4 fully saturated rings. The molecule has 2 aromatic rings. The second-order valence-corrected chi connectivity index (χ2v) is 8.17. The molecular formula is C16H18N2O2S. The molecule has 0 amide bonds. The van der Waals surface area contributed by atoms with Crippen LogP contribution in [0, 0.1) is 17.8 Å². The van der Waals surface area contributed by atoms with Gasteiger partial charge in [-0.05, 0) is 67.7 Å². The van der Waals surface area contributed by atoms with Crippen LogP contribution >= 0.6 is 11.3 Å². The smallest absolute Gasteiger partial charge is 0.271 e. The normalized spacial score (nSPS) is 37.2. The molecule has 2 aromatic heterocycles. The van der Waals surface area contributed by atoms with Crippen LogP contribution in [-0.4, -0.2) is 15.2 Å². The Hall–Kier alpha value is -1.36. The Labute approximate surface area is 127 Å². The van der Waals surface area contributed by atoms with Gasteiger partial charge in [0.25, 0.3) is 5.89 Å². The molecule has 0 unspecified atom stereocenters. The summed E-state index contributed by atoms with van der Waals surface area (Å²) in [5.74, 6) is 4.22. The Bertz CT molecular complexity index is 655. The molecule has 0 aliphatic heterocycles. The zero-order valence-corrected chi connectivity index (χ0v) is 12.6. The van der Waals surface area contributed by atoms with Crippen LogP contribution in [0.15, 0.2) is 16.0 Å². The molecule has 4 bridgehead atoms. The summed E-state index contributed by atoms with van der Waals surface area (Å²) >= 11 is 1.45. The molecule has 0 spiro atoms. The maximum atomic E-state index is 9.83. The molecule has 6 rings (SSSR count). The molecule has 0 radical (unpaired) electrons. The van der Waals surface area contributed by atoms with Gasteiger partial charge < -0.3 is 9.63 Å². The fourth-order valence-corrected chi connectivity index (χ4v) is 6.08. The van der Waals surface area contributed by atoms with Crippen LogP contribution in [-0.2, 0) is 5.41 Å². The number of aromatic hydroxyl groups is 1. The van der Waals surface area contributed by atoms with E-state index in [2.05, 4.69) is 10.1 Å². The first-order valence-electron chi connectivity index (χ1n) is 7.83. The number of thiophene rings is 1. The van der Waals surface area contributed by atoms with Gasteiger partial charge in [-0.1, -0.05) is 5.16 Å². The fourth-order valence-electron chi connectivity index (χ4n) is 5.38. The SMILES string of the molecule is Oc1ccsc1-c1nc(C23CC4CC(CC(C4)C2)C3)no1. The summed E-state index contributed by atoms with van der Waals surface area (Å²) in [6.07, 6.45) is 7.93. The highest BCUT2D eigenvalue weighted by molar-refractivity contribution is 7.13. The van der Waals surface area contributed by atoms with Crippen LogP contribution in [0.3, 0.4) is 0 Å². The van der Waals surface area contributed by atoms with Gasteiger partial charge in [-0.3, -0.25) is 0 Å². The van der Waals surface area contributed by atoms with Crippen molar-refractivity contribution in [2.75, 3.05) is 0 Å². The molecule has 4 aliphatic carbocycles. The third kappa shape index (κ3) is 1.73. The maximum Gasteiger partial charge on any atom is 0.271 e. The van der Waals surface area contributed by atoms with Gasteiger partial charge in [-0.2, -0.15) is 4.98 Å². The number of hydrogen-bond donors (Lipinski definition) is 1. The lowest BCUT2D eigenvalue weighted by Gasteiger charge is -2.55. The van der Waals surface area contributed by atoms with E-state index in [1.807, 2.05) is 5.38 Å². The summed E-state index contributed by atoms with van der Waals surface area (Å²) in [7, 11) is 0. The highest BCUT2D eigenvalue weighted by Crippen LogP contribution is 2.60. The second kappa shape index (κ2) is 4.09. The quantitative estimate of drug-likeness (QED) is 0.912. The monoisotopic (exact) mass is 302 g/mol. The second-order valence-electron chi connectivity index (χ2n) is 7.26. The number of aromatic nitrogens is 2. The van der Waals surface area contributed by atoms with Crippen molar-refractivity contribution in [1.82, 2.24) is 10.1 Å². The first kappa shape index (κ1) is 12.2. The van der Waals surface area contributed by atoms with Gasteiger partial charge in [0.15, 0.2) is 5.82 Å². The molecule has 4 nitrogen and oxygen atoms in total. The van der Waals surface area contributed by atoms with Crippen LogP contribution in [0.4, 0.5) is 0 Å². The molecular weight excluding hydrogens is 284 g/mol. The predicted molar refractivity (Wildman–Crippen MR) is 79.1 cm³/mol. The highest BCUT2D eigenvalue weighted by Gasteiger charge is 2.53. The number of nitrogens with zero attached hydrogens (tertiary/aromatic N) is 2. The molecule has 4 saturated carbocycles. The third-order valence-electron chi connectivity index (χ3n) is 5.78. The Morgan fingerprint density at radius 3 is 2.38 bits per heavy atom. The van der Waals surface area contributed by atoms with Crippen molar-refractivity contribution < 1.29 is 9.63 Å². The summed E-state index contributed by atoms with van der Waals surface area (Å²) < 4.78 is 5.47. The minimum absolute atomic E-state index is 0.156. The first-order valence-corrected chi connectivity index (χ1v) is 8.71. The van der Waals surface area contributed by atoms with Crippen LogP contribution in [0.5, 0.6) is 5.75 Å². The lowest BCUT2D eigenvalue weighted by Crippen LogP contribution is -2.49. The van der Waals surface area contributed by atoms with Crippen molar-refractivity contribution in [2.24, 2.45) is 17.8 Å². The number of hydrogen-bond acceptors (Lipinski definition) is 5. The van der Waals surface area contributed by atoms with Crippen LogP contribution in [0.25, 0.3) is 10.8 Å². The lowest BCUT2D eigenvalue weighted by molar-refractivity contribution is -0.0103. The van der Waals surface area contributed by atoms with Crippen molar-refractivity contribution in [3.63, 3.8) is 0 Å². The molecule has 2 heterocycles. The molecule has 0 aromatic carbocycles. The van der Waals surface area contributed by atoms with Crippen molar-refractivity contribution in [2.45, 2.75) is 43.9 Å². The minimum Gasteiger partial charge on any atom is -0.506 e. The van der Waals surface area contributed by atoms with Crippen LogP contribution in [0.1, 0.15) is 44.3 Å². The summed E-state index contributed by atoms with van der Waals surface area (Å²) in [5.41, 5.74) is 0.156. The maximum absolute atomic E-state index is 9.83. The fraction of sp³-hybridized carbons (Fsp3) is 0.625. The van der Waals surface area contributed by atoms with Gasteiger partial charge in [-0.25, -0.2) is 0 Å². The van der Waals surface area contributed by atoms with E-state index in [-0.39, 0.29) is 11.2 Å². The Kier molecular flexibility index (Phi) is 2.38. The van der Waals surface area contributed by atoms with E-state index in [0.717, 1.165) is 23.6 Å². The topological polar surface area (TPSA) is 59.2 Å². The van der Waals surface area contributed by atoms with Crippen LogP contribution < -0.4 is 0 Å². The largest absolute Gasteiger partial charge is 0.506 e. The average molecular weight is 302 g/mol. The van der Waals surface area contributed by atoms with Crippen molar-refractivity contribution in [1.29, 1.82) is 0 Å². The van der Waals surface area contributed by atoms with Crippen molar-refractivity contribution >= 4 is 11.3 Å². The Morgan fingerprint density at radius 2 is 1.81 bits per heavy atom. The van der Waals surface area contributed by atoms with E-state index in [9.17, 15) is 5.11 Å². The van der Waals surface area contributed by atoms with E-state index in [1.165, 1.54) is 49.9 Å². The molecule has 0 atom stereocenters. The van der Waals surface area contributed by atoms with Crippen molar-refractivity contribution in [3.8, 4) is 16.5 Å². The molecule has 4 aliphatic rings. The van der Waals surface area contributed by atoms with E-state index >= 15 is 0 Å². The predicted octanol–water partition coefficient (Wildman–Crippen LogP) is 3.97. The molecule has 1 N–H and O–H groups in total. The lowest BCUT2D eigenvalue weighted by atomic mass is 9.49. The average Bonchev–Trinajstić information content (AvgIpc) is 3.05. The van der Waals surface area contributed by atoms with E-state index in [1.54, 1.807) is 6.07 Å². The zero-order chi connectivity index (χ0) is 14.0. The van der Waals surface area contributed by atoms with Gasteiger partial charge in [0.1, 0.15) is 10.6 Å². The summed E-state index contributed by atoms with van der Waals surface area (Å²) in [6, 6.07) is 1.68. The van der Waals surface area contributed by atoms with Crippen LogP contribution in [0.2, 0.25) is 0 Å². The van der Waals surface area contributed by atoms with E-state index in [0.29, 0.717) is 10.8 Å². The summed E-state index contributed by atoms with van der Waals surface area (Å²) in [5, 5.41) is 16.0. The standard InChI is InChI=1S/C16H18N2O2S/c19-12-1-2-21-13(12)14-17-15(18-20-14)16-6-9-3-10(7-16)5-11(4-9)8-16/h1-2,9-11,19H,3-8H2. The minimum atomic E-state index is 0.156. The van der Waals surface area contributed by atoms with E-state index < -0.39 is 0 Å². The zero-order valence-electron chi connectivity index (χ0n) is 11.8. The highest BCUT2D eigenvalue weighted by atomic mass is 32.1. The van der Waals surface area contributed by atoms with Gasteiger partial charge in [-0.15, -0.1) is 11.3 Å². The number of rotatable bonds is 2. The summed E-state index contributed by atoms with van der Waals surface area (Å²) in [4.78, 5) is 5.37. The van der Waals surface area contributed by atoms with E-state index in [4.69, 9.17) is 4.52 Å². The molecule has 21 heavy (non-hydrogen) atoms. The van der Waals surface area contributed by atoms with Gasteiger partial charge in [0.05, 0.1) is 0 Å². The Morgan fingerprint density at radius 1 is 1.14 bits per heavy atom. The third-order valence-corrected chi connectivity index (χ3v) is 6.67. The first-order chi connectivity index (χ1) is 10.2. The Balaban J connectivity index is 1.54. The molecule has 5 heteroatoms.